The zero-order valence-corrected chi connectivity index (χ0v) is 18.5. The van der Waals surface area contributed by atoms with Crippen molar-refractivity contribution in [2.45, 2.75) is 38.3 Å². The first kappa shape index (κ1) is 22.6. The average Bonchev–Trinajstić information content (AvgIpc) is 3.33. The highest BCUT2D eigenvalue weighted by Crippen LogP contribution is 2.37. The maximum Gasteiger partial charge on any atom is 0.416 e. The number of anilines is 2. The van der Waals surface area contributed by atoms with Gasteiger partial charge >= 0.3 is 6.18 Å². The number of halogens is 3. The minimum Gasteiger partial charge on any atom is -0.370 e. The molecule has 0 saturated carbocycles. The Hall–Kier alpha value is -2.55. The minimum atomic E-state index is -4.48. The molecule has 2 aliphatic rings. The van der Waals surface area contributed by atoms with Gasteiger partial charge in [-0.2, -0.15) is 13.2 Å². The molecule has 9 heteroatoms. The Morgan fingerprint density at radius 1 is 1.00 bits per heavy atom. The van der Waals surface area contributed by atoms with Crippen LogP contribution in [0.4, 0.5) is 24.5 Å². The quantitative estimate of drug-likeness (QED) is 0.671. The molecule has 2 fully saturated rings. The second kappa shape index (κ2) is 9.52. The van der Waals surface area contributed by atoms with E-state index in [-0.39, 0.29) is 23.4 Å². The summed E-state index contributed by atoms with van der Waals surface area (Å²) in [6.07, 6.45) is -0.451. The number of rotatable bonds is 4. The van der Waals surface area contributed by atoms with Gasteiger partial charge in [-0.05, 0) is 61.7 Å². The predicted octanol–water partition coefficient (Wildman–Crippen LogP) is 5.25. The molecule has 4 rings (SSSR count). The van der Waals surface area contributed by atoms with Crippen molar-refractivity contribution >= 4 is 34.5 Å². The van der Waals surface area contributed by atoms with Crippen LogP contribution in [0.5, 0.6) is 0 Å². The van der Waals surface area contributed by atoms with Crippen LogP contribution in [0.3, 0.4) is 0 Å². The van der Waals surface area contributed by atoms with Crippen molar-refractivity contribution in [1.82, 2.24) is 4.90 Å². The van der Waals surface area contributed by atoms with Gasteiger partial charge in [0.25, 0.3) is 5.91 Å². The summed E-state index contributed by atoms with van der Waals surface area (Å²) in [7, 11) is 0. The smallest absolute Gasteiger partial charge is 0.370 e. The molecule has 2 amide bonds. The maximum atomic E-state index is 13.3. The monoisotopic (exact) mass is 465 g/mol. The lowest BCUT2D eigenvalue weighted by Gasteiger charge is -2.33. The Labute approximate surface area is 189 Å². The molecule has 0 unspecified atom stereocenters. The molecule has 2 aromatic rings. The SMILES string of the molecule is O=C(Nc1cc(C(F)(F)F)ccc1N1CCCCC1)C1CCN(C(=O)c2cccs2)CC1. The van der Waals surface area contributed by atoms with Crippen molar-refractivity contribution in [2.24, 2.45) is 5.92 Å². The molecule has 0 radical (unpaired) electrons. The summed E-state index contributed by atoms with van der Waals surface area (Å²) in [4.78, 5) is 29.9. The number of alkyl halides is 3. The van der Waals surface area contributed by atoms with Gasteiger partial charge in [-0.25, -0.2) is 0 Å². The van der Waals surface area contributed by atoms with E-state index in [1.807, 2.05) is 16.3 Å². The second-order valence-corrected chi connectivity index (χ2v) is 9.26. The van der Waals surface area contributed by atoms with E-state index in [2.05, 4.69) is 5.32 Å². The lowest BCUT2D eigenvalue weighted by atomic mass is 9.95. The van der Waals surface area contributed by atoms with Crippen LogP contribution in [0.1, 0.15) is 47.3 Å². The first-order chi connectivity index (χ1) is 15.3. The maximum absolute atomic E-state index is 13.3. The number of carbonyl (C=O) groups is 2. The lowest BCUT2D eigenvalue weighted by molar-refractivity contribution is -0.137. The van der Waals surface area contributed by atoms with E-state index < -0.39 is 11.7 Å². The zero-order valence-electron chi connectivity index (χ0n) is 17.7. The predicted molar refractivity (Wildman–Crippen MR) is 119 cm³/mol. The Balaban J connectivity index is 1.45. The molecule has 172 valence electrons. The van der Waals surface area contributed by atoms with E-state index in [9.17, 15) is 22.8 Å². The fourth-order valence-corrected chi connectivity index (χ4v) is 5.05. The number of carbonyl (C=O) groups excluding carboxylic acids is 2. The van der Waals surface area contributed by atoms with Crippen LogP contribution in [-0.2, 0) is 11.0 Å². The lowest BCUT2D eigenvalue weighted by Crippen LogP contribution is -2.41. The van der Waals surface area contributed by atoms with Crippen LogP contribution in [0.15, 0.2) is 35.7 Å². The minimum absolute atomic E-state index is 0.0379. The Bertz CT molecular complexity index is 948. The van der Waals surface area contributed by atoms with Gasteiger partial charge in [0, 0.05) is 32.1 Å². The number of benzene rings is 1. The summed E-state index contributed by atoms with van der Waals surface area (Å²) >= 11 is 1.38. The summed E-state index contributed by atoms with van der Waals surface area (Å²) in [5, 5.41) is 4.63. The van der Waals surface area contributed by atoms with E-state index in [1.54, 1.807) is 11.0 Å². The van der Waals surface area contributed by atoms with E-state index in [1.165, 1.54) is 17.4 Å². The number of nitrogens with one attached hydrogen (secondary N) is 1. The molecule has 0 bridgehead atoms. The largest absolute Gasteiger partial charge is 0.416 e. The third kappa shape index (κ3) is 5.09. The molecular formula is C23H26F3N3O2S. The Kier molecular flexibility index (Phi) is 6.74. The van der Waals surface area contributed by atoms with E-state index in [0.29, 0.717) is 36.5 Å². The summed E-state index contributed by atoms with van der Waals surface area (Å²) in [6.45, 7) is 2.43. The number of likely N-dealkylation sites (tertiary alicyclic amines) is 1. The van der Waals surface area contributed by atoms with Gasteiger partial charge in [0.15, 0.2) is 0 Å². The summed E-state index contributed by atoms with van der Waals surface area (Å²) in [5.74, 6) is -0.666. The van der Waals surface area contributed by atoms with Gasteiger partial charge in [0.2, 0.25) is 5.91 Å². The molecule has 0 aliphatic carbocycles. The van der Waals surface area contributed by atoms with Crippen molar-refractivity contribution in [3.05, 3.63) is 46.2 Å². The van der Waals surface area contributed by atoms with Crippen LogP contribution >= 0.6 is 11.3 Å². The van der Waals surface area contributed by atoms with Crippen molar-refractivity contribution in [3.8, 4) is 0 Å². The van der Waals surface area contributed by atoms with Crippen molar-refractivity contribution < 1.29 is 22.8 Å². The summed E-state index contributed by atoms with van der Waals surface area (Å²) in [6, 6.07) is 7.19. The molecule has 32 heavy (non-hydrogen) atoms. The molecule has 0 atom stereocenters. The van der Waals surface area contributed by atoms with Crippen LogP contribution in [0.25, 0.3) is 0 Å². The van der Waals surface area contributed by atoms with Crippen molar-refractivity contribution in [2.75, 3.05) is 36.4 Å². The molecule has 2 saturated heterocycles. The van der Waals surface area contributed by atoms with Gasteiger partial charge in [0.1, 0.15) is 0 Å². The van der Waals surface area contributed by atoms with Crippen LogP contribution in [0.2, 0.25) is 0 Å². The number of hydrogen-bond donors (Lipinski definition) is 1. The van der Waals surface area contributed by atoms with Gasteiger partial charge in [-0.1, -0.05) is 6.07 Å². The fraction of sp³-hybridized carbons (Fsp3) is 0.478. The highest BCUT2D eigenvalue weighted by atomic mass is 32.1. The van der Waals surface area contributed by atoms with Gasteiger partial charge in [-0.15, -0.1) is 11.3 Å². The van der Waals surface area contributed by atoms with Crippen molar-refractivity contribution in [3.63, 3.8) is 0 Å². The first-order valence-electron chi connectivity index (χ1n) is 10.9. The molecule has 2 aliphatic heterocycles. The molecule has 0 spiro atoms. The molecule has 1 aromatic heterocycles. The van der Waals surface area contributed by atoms with Gasteiger partial charge < -0.3 is 15.1 Å². The Morgan fingerprint density at radius 3 is 2.34 bits per heavy atom. The summed E-state index contributed by atoms with van der Waals surface area (Å²) < 4.78 is 39.9. The van der Waals surface area contributed by atoms with Gasteiger partial charge in [0.05, 0.1) is 21.8 Å². The first-order valence-corrected chi connectivity index (χ1v) is 11.8. The standard InChI is InChI=1S/C23H26F3N3O2S/c24-23(25,26)17-6-7-19(28-10-2-1-3-11-28)18(15-17)27-21(30)16-8-12-29(13-9-16)22(31)20-5-4-14-32-20/h4-7,14-16H,1-3,8-13H2,(H,27,30). The van der Waals surface area contributed by atoms with Crippen LogP contribution in [0, 0.1) is 5.92 Å². The van der Waals surface area contributed by atoms with E-state index in [4.69, 9.17) is 0 Å². The number of hydrogen-bond acceptors (Lipinski definition) is 4. The molecule has 1 aromatic carbocycles. The third-order valence-corrected chi connectivity index (χ3v) is 7.02. The molecule has 5 nitrogen and oxygen atoms in total. The number of nitrogens with zero attached hydrogens (tertiary/aromatic N) is 2. The van der Waals surface area contributed by atoms with E-state index >= 15 is 0 Å². The highest BCUT2D eigenvalue weighted by molar-refractivity contribution is 7.12. The highest BCUT2D eigenvalue weighted by Gasteiger charge is 2.33. The second-order valence-electron chi connectivity index (χ2n) is 8.31. The van der Waals surface area contributed by atoms with Crippen LogP contribution in [-0.4, -0.2) is 42.9 Å². The number of thiophene rings is 1. The van der Waals surface area contributed by atoms with Crippen LogP contribution < -0.4 is 10.2 Å². The topological polar surface area (TPSA) is 52.7 Å². The molecule has 1 N–H and O–H groups in total. The molecule has 3 heterocycles. The summed E-state index contributed by atoms with van der Waals surface area (Å²) in [5.41, 5.74) is 0.0742. The zero-order chi connectivity index (χ0) is 22.7. The van der Waals surface area contributed by atoms with E-state index in [0.717, 1.165) is 44.5 Å². The third-order valence-electron chi connectivity index (χ3n) is 6.16. The normalized spacial score (nSPS) is 18.0. The Morgan fingerprint density at radius 2 is 1.72 bits per heavy atom. The fourth-order valence-electron chi connectivity index (χ4n) is 4.36. The number of amides is 2. The average molecular weight is 466 g/mol. The van der Waals surface area contributed by atoms with Gasteiger partial charge in [-0.3, -0.25) is 9.59 Å². The molecular weight excluding hydrogens is 439 g/mol. The van der Waals surface area contributed by atoms with Crippen molar-refractivity contribution in [1.29, 1.82) is 0 Å². The number of piperidine rings is 2.